The molecule has 2 rings (SSSR count). The first-order valence-corrected chi connectivity index (χ1v) is 7.82. The highest BCUT2D eigenvalue weighted by atomic mass is 35.5. The van der Waals surface area contributed by atoms with Gasteiger partial charge in [-0.05, 0) is 47.7 Å². The summed E-state index contributed by atoms with van der Waals surface area (Å²) in [6.07, 6.45) is 0. The van der Waals surface area contributed by atoms with Gasteiger partial charge in [-0.3, -0.25) is 4.79 Å². The molecule has 2 aromatic rings. The van der Waals surface area contributed by atoms with Crippen molar-refractivity contribution >= 4 is 17.5 Å². The van der Waals surface area contributed by atoms with E-state index in [4.69, 9.17) is 11.6 Å². The Bertz CT molecular complexity index is 639. The van der Waals surface area contributed by atoms with Gasteiger partial charge in [-0.1, -0.05) is 56.6 Å². The van der Waals surface area contributed by atoms with Crippen molar-refractivity contribution in [3.05, 3.63) is 70.2 Å². The van der Waals surface area contributed by atoms with Crippen LogP contribution in [0.3, 0.4) is 0 Å². The first-order chi connectivity index (χ1) is 10.3. The Hall–Kier alpha value is -1.80. The maximum atomic E-state index is 12.3. The number of halogens is 1. The van der Waals surface area contributed by atoms with Crippen LogP contribution < -0.4 is 5.32 Å². The van der Waals surface area contributed by atoms with Crippen LogP contribution >= 0.6 is 11.6 Å². The summed E-state index contributed by atoms with van der Waals surface area (Å²) < 4.78 is 0. The molecule has 0 aliphatic carbocycles. The zero-order valence-electron chi connectivity index (χ0n) is 13.5. The zero-order valence-corrected chi connectivity index (χ0v) is 14.2. The van der Waals surface area contributed by atoms with Crippen molar-refractivity contribution in [3.8, 4) is 0 Å². The fraction of sp³-hybridized carbons (Fsp3) is 0.316. The Morgan fingerprint density at radius 3 is 2.05 bits per heavy atom. The lowest BCUT2D eigenvalue weighted by Crippen LogP contribution is -2.26. The third-order valence-corrected chi connectivity index (χ3v) is 3.98. The van der Waals surface area contributed by atoms with Crippen LogP contribution in [0.25, 0.3) is 0 Å². The van der Waals surface area contributed by atoms with Gasteiger partial charge in [0, 0.05) is 10.6 Å². The fourth-order valence-electron chi connectivity index (χ4n) is 2.24. The van der Waals surface area contributed by atoms with Gasteiger partial charge in [-0.25, -0.2) is 0 Å². The van der Waals surface area contributed by atoms with Crippen molar-refractivity contribution in [2.45, 2.75) is 39.2 Å². The van der Waals surface area contributed by atoms with Crippen molar-refractivity contribution < 1.29 is 4.79 Å². The lowest BCUT2D eigenvalue weighted by Gasteiger charge is -2.19. The summed E-state index contributed by atoms with van der Waals surface area (Å²) in [4.78, 5) is 12.3. The highest BCUT2D eigenvalue weighted by Crippen LogP contribution is 2.22. The molecule has 1 N–H and O–H groups in total. The van der Waals surface area contributed by atoms with Gasteiger partial charge < -0.3 is 5.32 Å². The highest BCUT2D eigenvalue weighted by Gasteiger charge is 2.15. The van der Waals surface area contributed by atoms with Crippen LogP contribution in [0.5, 0.6) is 0 Å². The van der Waals surface area contributed by atoms with Crippen molar-refractivity contribution in [2.75, 3.05) is 0 Å². The molecule has 0 radical (unpaired) electrons. The molecule has 0 bridgehead atoms. The average Bonchev–Trinajstić information content (AvgIpc) is 2.47. The van der Waals surface area contributed by atoms with E-state index in [0.29, 0.717) is 10.6 Å². The van der Waals surface area contributed by atoms with Gasteiger partial charge >= 0.3 is 0 Å². The molecule has 116 valence electrons. The lowest BCUT2D eigenvalue weighted by molar-refractivity contribution is 0.0940. The van der Waals surface area contributed by atoms with Crippen LogP contribution in [-0.2, 0) is 5.41 Å². The molecule has 0 heterocycles. The monoisotopic (exact) mass is 315 g/mol. The Morgan fingerprint density at radius 1 is 1.00 bits per heavy atom. The van der Waals surface area contributed by atoms with Gasteiger partial charge in [0.1, 0.15) is 0 Å². The van der Waals surface area contributed by atoms with E-state index in [-0.39, 0.29) is 17.4 Å². The summed E-state index contributed by atoms with van der Waals surface area (Å²) in [5, 5.41) is 3.70. The van der Waals surface area contributed by atoms with Crippen molar-refractivity contribution in [3.63, 3.8) is 0 Å². The van der Waals surface area contributed by atoms with E-state index < -0.39 is 0 Å². The van der Waals surface area contributed by atoms with E-state index in [9.17, 15) is 4.79 Å². The van der Waals surface area contributed by atoms with E-state index in [1.54, 1.807) is 0 Å². The number of nitrogens with one attached hydrogen (secondary N) is 1. The minimum absolute atomic E-state index is 0.0629. The molecule has 2 nitrogen and oxygen atoms in total. The van der Waals surface area contributed by atoms with E-state index >= 15 is 0 Å². The van der Waals surface area contributed by atoms with Gasteiger partial charge in [0.25, 0.3) is 5.91 Å². The molecule has 0 spiro atoms. The molecule has 22 heavy (non-hydrogen) atoms. The summed E-state index contributed by atoms with van der Waals surface area (Å²) in [5.74, 6) is -0.0668. The molecule has 1 amide bonds. The first kappa shape index (κ1) is 16.6. The third kappa shape index (κ3) is 4.11. The molecule has 3 heteroatoms. The summed E-state index contributed by atoms with van der Waals surface area (Å²) in [5.41, 5.74) is 3.01. The van der Waals surface area contributed by atoms with Gasteiger partial charge in [0.15, 0.2) is 0 Å². The van der Waals surface area contributed by atoms with Crippen LogP contribution in [-0.4, -0.2) is 5.91 Å². The standard InChI is InChI=1S/C19H22ClNO/c1-13(14-7-11-17(20)12-8-14)21-18(22)15-5-9-16(10-6-15)19(2,3)4/h5-13H,1-4H3,(H,21,22)/t13-/m1/s1. The molecule has 0 fully saturated rings. The minimum Gasteiger partial charge on any atom is -0.346 e. The molecule has 1 atom stereocenters. The quantitative estimate of drug-likeness (QED) is 0.836. The molecule has 0 aliphatic heterocycles. The van der Waals surface area contributed by atoms with E-state index in [1.807, 2.05) is 55.5 Å². The van der Waals surface area contributed by atoms with E-state index in [0.717, 1.165) is 5.56 Å². The van der Waals surface area contributed by atoms with Crippen LogP contribution in [0.15, 0.2) is 48.5 Å². The first-order valence-electron chi connectivity index (χ1n) is 7.44. The van der Waals surface area contributed by atoms with Crippen LogP contribution in [0, 0.1) is 0 Å². The summed E-state index contributed by atoms with van der Waals surface area (Å²) in [6, 6.07) is 15.2. The predicted molar refractivity (Wildman–Crippen MR) is 92.5 cm³/mol. The second kappa shape index (κ2) is 6.53. The topological polar surface area (TPSA) is 29.1 Å². The molecule has 0 aromatic heterocycles. The average molecular weight is 316 g/mol. The second-order valence-electron chi connectivity index (χ2n) is 6.57. The second-order valence-corrected chi connectivity index (χ2v) is 7.01. The Balaban J connectivity index is 2.07. The van der Waals surface area contributed by atoms with Crippen molar-refractivity contribution in [1.29, 1.82) is 0 Å². The molecule has 0 saturated heterocycles. The van der Waals surface area contributed by atoms with E-state index in [2.05, 4.69) is 26.1 Å². The molecular formula is C19H22ClNO. The van der Waals surface area contributed by atoms with Crippen molar-refractivity contribution in [1.82, 2.24) is 5.32 Å². The number of amides is 1. The molecular weight excluding hydrogens is 294 g/mol. The Labute approximate surface area is 137 Å². The third-order valence-electron chi connectivity index (χ3n) is 3.73. The Morgan fingerprint density at radius 2 is 1.55 bits per heavy atom. The number of carbonyl (C=O) groups is 1. The number of rotatable bonds is 3. The van der Waals surface area contributed by atoms with E-state index in [1.165, 1.54) is 5.56 Å². The summed E-state index contributed by atoms with van der Waals surface area (Å²) in [7, 11) is 0. The number of benzene rings is 2. The largest absolute Gasteiger partial charge is 0.346 e. The molecule has 0 saturated carbocycles. The fourth-order valence-corrected chi connectivity index (χ4v) is 2.36. The van der Waals surface area contributed by atoms with Gasteiger partial charge in [0.2, 0.25) is 0 Å². The van der Waals surface area contributed by atoms with Gasteiger partial charge in [0.05, 0.1) is 6.04 Å². The normalized spacial score (nSPS) is 12.8. The predicted octanol–water partition coefficient (Wildman–Crippen LogP) is 5.13. The van der Waals surface area contributed by atoms with Gasteiger partial charge in [-0.15, -0.1) is 0 Å². The van der Waals surface area contributed by atoms with Crippen LogP contribution in [0.4, 0.5) is 0 Å². The van der Waals surface area contributed by atoms with Gasteiger partial charge in [-0.2, -0.15) is 0 Å². The van der Waals surface area contributed by atoms with Crippen LogP contribution in [0.2, 0.25) is 5.02 Å². The zero-order chi connectivity index (χ0) is 16.3. The molecule has 0 aliphatic rings. The SMILES string of the molecule is C[C@@H](NC(=O)c1ccc(C(C)(C)C)cc1)c1ccc(Cl)cc1. The maximum Gasteiger partial charge on any atom is 0.251 e. The number of carbonyl (C=O) groups excluding carboxylic acids is 1. The smallest absolute Gasteiger partial charge is 0.251 e. The Kier molecular flexibility index (Phi) is 4.92. The minimum atomic E-state index is -0.0668. The summed E-state index contributed by atoms with van der Waals surface area (Å²) in [6.45, 7) is 8.44. The van der Waals surface area contributed by atoms with Crippen LogP contribution in [0.1, 0.15) is 55.2 Å². The van der Waals surface area contributed by atoms with Crippen molar-refractivity contribution in [2.24, 2.45) is 0 Å². The number of hydrogen-bond donors (Lipinski definition) is 1. The lowest BCUT2D eigenvalue weighted by atomic mass is 9.86. The highest BCUT2D eigenvalue weighted by molar-refractivity contribution is 6.30. The molecule has 0 unspecified atom stereocenters. The molecule has 2 aromatic carbocycles. The maximum absolute atomic E-state index is 12.3. The number of hydrogen-bond acceptors (Lipinski definition) is 1. The summed E-state index contributed by atoms with van der Waals surface area (Å²) >= 11 is 5.88.